The lowest BCUT2D eigenvalue weighted by Crippen LogP contribution is -1.96. The van der Waals surface area contributed by atoms with Gasteiger partial charge in [0.15, 0.2) is 0 Å². The van der Waals surface area contributed by atoms with Gasteiger partial charge in [-0.1, -0.05) is 6.92 Å². The van der Waals surface area contributed by atoms with E-state index in [4.69, 9.17) is 5.73 Å². The Labute approximate surface area is 76.4 Å². The minimum Gasteiger partial charge on any atom is -0.369 e. The van der Waals surface area contributed by atoms with Gasteiger partial charge in [0.2, 0.25) is 5.95 Å². The van der Waals surface area contributed by atoms with Crippen LogP contribution in [0.1, 0.15) is 12.6 Å². The molecule has 0 aromatic carbocycles. The number of hydrogen-bond donors (Lipinski definition) is 1. The normalized spacial score (nSPS) is 10.9. The molecule has 2 aromatic rings. The highest BCUT2D eigenvalue weighted by Crippen LogP contribution is 2.15. The van der Waals surface area contributed by atoms with Crippen molar-refractivity contribution in [3.8, 4) is 0 Å². The molecule has 4 nitrogen and oxygen atoms in total. The quantitative estimate of drug-likeness (QED) is 0.708. The maximum absolute atomic E-state index is 5.67. The van der Waals surface area contributed by atoms with Crippen molar-refractivity contribution in [1.29, 1.82) is 0 Å². The highest BCUT2D eigenvalue weighted by atomic mass is 15.1. The first-order valence-electron chi connectivity index (χ1n) is 4.29. The Balaban J connectivity index is 2.75. The zero-order chi connectivity index (χ0) is 9.42. The van der Waals surface area contributed by atoms with Crippen molar-refractivity contribution >= 4 is 17.0 Å². The zero-order valence-electron chi connectivity index (χ0n) is 7.78. The standard InChI is InChI=1S/C9H12N4/c1-3-6-4-8-7(5-11-6)12-9(10)13(8)2/h4-5H,3H2,1-2H3,(H2,10,12). The lowest BCUT2D eigenvalue weighted by molar-refractivity contribution is 0.959. The average molecular weight is 176 g/mol. The summed E-state index contributed by atoms with van der Waals surface area (Å²) in [6, 6.07) is 2.03. The maximum atomic E-state index is 5.67. The Kier molecular flexibility index (Phi) is 1.69. The van der Waals surface area contributed by atoms with Crippen molar-refractivity contribution in [3.05, 3.63) is 18.0 Å². The van der Waals surface area contributed by atoms with Gasteiger partial charge in [0.05, 0.1) is 11.7 Å². The topological polar surface area (TPSA) is 56.7 Å². The van der Waals surface area contributed by atoms with E-state index in [1.807, 2.05) is 17.7 Å². The van der Waals surface area contributed by atoms with Crippen LogP contribution in [0.2, 0.25) is 0 Å². The number of nitrogens with two attached hydrogens (primary N) is 1. The number of hydrogen-bond acceptors (Lipinski definition) is 3. The number of anilines is 1. The molecular weight excluding hydrogens is 164 g/mol. The predicted octanol–water partition coefficient (Wildman–Crippen LogP) is 1.11. The van der Waals surface area contributed by atoms with Crippen LogP contribution in [0.25, 0.3) is 11.0 Å². The highest BCUT2D eigenvalue weighted by Gasteiger charge is 2.04. The molecule has 0 atom stereocenters. The van der Waals surface area contributed by atoms with Crippen molar-refractivity contribution in [2.75, 3.05) is 5.73 Å². The fourth-order valence-corrected chi connectivity index (χ4v) is 1.35. The van der Waals surface area contributed by atoms with Crippen LogP contribution < -0.4 is 5.73 Å². The predicted molar refractivity (Wildman–Crippen MR) is 52.3 cm³/mol. The van der Waals surface area contributed by atoms with Crippen LogP contribution in [-0.2, 0) is 13.5 Å². The van der Waals surface area contributed by atoms with Crippen molar-refractivity contribution < 1.29 is 0 Å². The van der Waals surface area contributed by atoms with Crippen LogP contribution in [0.5, 0.6) is 0 Å². The largest absolute Gasteiger partial charge is 0.369 e. The third-order valence-corrected chi connectivity index (χ3v) is 2.22. The van der Waals surface area contributed by atoms with Gasteiger partial charge in [0.25, 0.3) is 0 Å². The first-order valence-corrected chi connectivity index (χ1v) is 4.29. The number of nitrogens with zero attached hydrogens (tertiary/aromatic N) is 3. The van der Waals surface area contributed by atoms with Crippen LogP contribution in [-0.4, -0.2) is 14.5 Å². The molecule has 13 heavy (non-hydrogen) atoms. The molecule has 2 rings (SSSR count). The summed E-state index contributed by atoms with van der Waals surface area (Å²) in [5.41, 5.74) is 8.64. The van der Waals surface area contributed by atoms with Gasteiger partial charge < -0.3 is 10.3 Å². The number of aryl methyl sites for hydroxylation is 2. The minimum absolute atomic E-state index is 0.532. The van der Waals surface area contributed by atoms with Crippen molar-refractivity contribution in [3.63, 3.8) is 0 Å². The summed E-state index contributed by atoms with van der Waals surface area (Å²) in [5, 5.41) is 0. The number of fused-ring (bicyclic) bond motifs is 1. The lowest BCUT2D eigenvalue weighted by atomic mass is 10.3. The molecule has 0 radical (unpaired) electrons. The van der Waals surface area contributed by atoms with Gasteiger partial charge in [-0.15, -0.1) is 0 Å². The second-order valence-corrected chi connectivity index (χ2v) is 3.05. The highest BCUT2D eigenvalue weighted by molar-refractivity contribution is 5.77. The first-order chi connectivity index (χ1) is 6.22. The number of aromatic nitrogens is 3. The van der Waals surface area contributed by atoms with Crippen LogP contribution in [0.3, 0.4) is 0 Å². The summed E-state index contributed by atoms with van der Waals surface area (Å²) in [4.78, 5) is 8.41. The van der Waals surface area contributed by atoms with E-state index in [9.17, 15) is 0 Å². The van der Waals surface area contributed by atoms with Gasteiger partial charge in [-0.25, -0.2) is 4.98 Å². The molecule has 2 N–H and O–H groups in total. The molecule has 2 heterocycles. The number of rotatable bonds is 1. The third-order valence-electron chi connectivity index (χ3n) is 2.22. The van der Waals surface area contributed by atoms with Gasteiger partial charge in [0.1, 0.15) is 5.52 Å². The van der Waals surface area contributed by atoms with Gasteiger partial charge in [0, 0.05) is 12.7 Å². The zero-order valence-corrected chi connectivity index (χ0v) is 7.78. The maximum Gasteiger partial charge on any atom is 0.200 e. The van der Waals surface area contributed by atoms with E-state index in [1.165, 1.54) is 0 Å². The van der Waals surface area contributed by atoms with Crippen LogP contribution in [0.4, 0.5) is 5.95 Å². The molecular formula is C9H12N4. The molecule has 0 aliphatic heterocycles. The van der Waals surface area contributed by atoms with Crippen molar-refractivity contribution in [1.82, 2.24) is 14.5 Å². The van der Waals surface area contributed by atoms with Gasteiger partial charge in [-0.2, -0.15) is 0 Å². The lowest BCUT2D eigenvalue weighted by Gasteiger charge is -1.97. The molecule has 0 bridgehead atoms. The fourth-order valence-electron chi connectivity index (χ4n) is 1.35. The Hall–Kier alpha value is -1.58. The summed E-state index contributed by atoms with van der Waals surface area (Å²) in [6.45, 7) is 2.08. The van der Waals surface area contributed by atoms with E-state index in [0.29, 0.717) is 5.95 Å². The van der Waals surface area contributed by atoms with Crippen LogP contribution in [0.15, 0.2) is 12.3 Å². The Morgan fingerprint density at radius 2 is 2.31 bits per heavy atom. The number of pyridine rings is 1. The first kappa shape index (κ1) is 8.04. The SMILES string of the molecule is CCc1cc2c(cn1)nc(N)n2C. The molecule has 0 spiro atoms. The second-order valence-electron chi connectivity index (χ2n) is 3.05. The summed E-state index contributed by atoms with van der Waals surface area (Å²) in [6.07, 6.45) is 2.70. The molecule has 0 amide bonds. The third kappa shape index (κ3) is 1.14. The van der Waals surface area contributed by atoms with E-state index in [2.05, 4.69) is 16.9 Å². The number of imidazole rings is 1. The Bertz CT molecular complexity index is 444. The van der Waals surface area contributed by atoms with Gasteiger partial charge in [-0.05, 0) is 12.5 Å². The summed E-state index contributed by atoms with van der Waals surface area (Å²) in [7, 11) is 1.91. The van der Waals surface area contributed by atoms with E-state index in [-0.39, 0.29) is 0 Å². The molecule has 4 heteroatoms. The molecule has 2 aromatic heterocycles. The van der Waals surface area contributed by atoms with Crippen molar-refractivity contribution in [2.24, 2.45) is 7.05 Å². The Morgan fingerprint density at radius 3 is 3.00 bits per heavy atom. The molecule has 0 aliphatic rings. The Morgan fingerprint density at radius 1 is 1.54 bits per heavy atom. The van der Waals surface area contributed by atoms with E-state index in [1.54, 1.807) is 6.20 Å². The summed E-state index contributed by atoms with van der Waals surface area (Å²) < 4.78 is 1.87. The molecule has 68 valence electrons. The smallest absolute Gasteiger partial charge is 0.200 e. The van der Waals surface area contributed by atoms with Gasteiger partial charge in [-0.3, -0.25) is 4.98 Å². The van der Waals surface area contributed by atoms with Gasteiger partial charge >= 0.3 is 0 Å². The monoisotopic (exact) mass is 176 g/mol. The van der Waals surface area contributed by atoms with E-state index < -0.39 is 0 Å². The average Bonchev–Trinajstić information content (AvgIpc) is 2.43. The molecule has 0 unspecified atom stereocenters. The minimum atomic E-state index is 0.532. The van der Waals surface area contributed by atoms with Crippen LogP contribution >= 0.6 is 0 Å². The fraction of sp³-hybridized carbons (Fsp3) is 0.333. The number of nitrogen functional groups attached to an aromatic ring is 1. The molecule has 0 aliphatic carbocycles. The van der Waals surface area contributed by atoms with E-state index in [0.717, 1.165) is 23.1 Å². The van der Waals surface area contributed by atoms with Crippen LogP contribution in [0, 0.1) is 0 Å². The molecule has 0 fully saturated rings. The summed E-state index contributed by atoms with van der Waals surface area (Å²) in [5.74, 6) is 0.532. The van der Waals surface area contributed by atoms with E-state index >= 15 is 0 Å². The molecule has 0 saturated heterocycles. The second kappa shape index (κ2) is 2.73. The summed E-state index contributed by atoms with van der Waals surface area (Å²) >= 11 is 0. The molecule has 0 saturated carbocycles. The van der Waals surface area contributed by atoms with Crippen molar-refractivity contribution in [2.45, 2.75) is 13.3 Å².